The van der Waals surface area contributed by atoms with Crippen LogP contribution in [0.3, 0.4) is 0 Å². The van der Waals surface area contributed by atoms with Gasteiger partial charge in [-0.25, -0.2) is 4.99 Å². The van der Waals surface area contributed by atoms with E-state index in [4.69, 9.17) is 0 Å². The van der Waals surface area contributed by atoms with Gasteiger partial charge in [0.2, 0.25) is 0 Å². The minimum absolute atomic E-state index is 0.164. The van der Waals surface area contributed by atoms with Crippen molar-refractivity contribution in [2.45, 2.75) is 45.0 Å². The summed E-state index contributed by atoms with van der Waals surface area (Å²) in [6, 6.07) is 5.25. The number of benzene rings is 1. The van der Waals surface area contributed by atoms with Gasteiger partial charge in [0.1, 0.15) is 0 Å². The second kappa shape index (κ2) is 10.5. The highest BCUT2D eigenvalue weighted by Crippen LogP contribution is 2.29. The first kappa shape index (κ1) is 21.5. The summed E-state index contributed by atoms with van der Waals surface area (Å²) in [6.07, 6.45) is -1.91. The molecule has 1 aromatic carbocycles. The third-order valence-corrected chi connectivity index (χ3v) is 4.52. The lowest BCUT2D eigenvalue weighted by molar-refractivity contribution is -0.137. The van der Waals surface area contributed by atoms with Crippen LogP contribution in [0.25, 0.3) is 0 Å². The highest BCUT2D eigenvalue weighted by atomic mass is 19.4. The summed E-state index contributed by atoms with van der Waals surface area (Å²) in [5.74, 6) is 0.601. The van der Waals surface area contributed by atoms with Gasteiger partial charge >= 0.3 is 6.18 Å². The molecule has 0 amide bonds. The number of piperidine rings is 1. The van der Waals surface area contributed by atoms with Crippen LogP contribution in [-0.4, -0.2) is 54.8 Å². The third kappa shape index (κ3) is 7.76. The number of likely N-dealkylation sites (tertiary alicyclic amines) is 1. The zero-order valence-electron chi connectivity index (χ0n) is 15.7. The number of hydrogen-bond acceptors (Lipinski definition) is 3. The predicted molar refractivity (Wildman–Crippen MR) is 101 cm³/mol. The molecule has 0 aromatic heterocycles. The number of nitrogens with zero attached hydrogens (tertiary/aromatic N) is 2. The molecule has 5 nitrogen and oxygen atoms in total. The minimum Gasteiger partial charge on any atom is -0.393 e. The van der Waals surface area contributed by atoms with Crippen LogP contribution in [0.5, 0.6) is 0 Å². The fraction of sp³-hybridized carbons (Fsp3) is 0.632. The van der Waals surface area contributed by atoms with Crippen LogP contribution in [0.1, 0.15) is 37.3 Å². The molecule has 1 aliphatic heterocycles. The first-order chi connectivity index (χ1) is 12.9. The van der Waals surface area contributed by atoms with Crippen LogP contribution in [0.15, 0.2) is 29.3 Å². The lowest BCUT2D eigenvalue weighted by Gasteiger charge is -2.29. The lowest BCUT2D eigenvalue weighted by atomic mass is 10.1. The Hall–Kier alpha value is -1.80. The summed E-state index contributed by atoms with van der Waals surface area (Å²) in [6.45, 7) is 6.33. The van der Waals surface area contributed by atoms with Gasteiger partial charge < -0.3 is 20.6 Å². The highest BCUT2D eigenvalue weighted by Gasteiger charge is 2.30. The standard InChI is InChI=1S/C19H29F3N4O/c1-2-23-18(24-9-4-10-26-11-7-17(27)8-12-26)25-14-15-5-3-6-16(13-15)19(20,21)22/h3,5-6,13,17,27H,2,4,7-12,14H2,1H3,(H2,23,24,25). The molecule has 0 aliphatic carbocycles. The van der Waals surface area contributed by atoms with Crippen molar-refractivity contribution in [3.8, 4) is 0 Å². The van der Waals surface area contributed by atoms with Gasteiger partial charge in [0.05, 0.1) is 18.2 Å². The van der Waals surface area contributed by atoms with Crippen LogP contribution in [0, 0.1) is 0 Å². The molecular weight excluding hydrogens is 357 g/mol. The largest absolute Gasteiger partial charge is 0.416 e. The second-order valence-electron chi connectivity index (χ2n) is 6.75. The average molecular weight is 386 g/mol. The Morgan fingerprint density at radius 2 is 2.00 bits per heavy atom. The van der Waals surface area contributed by atoms with E-state index in [0.717, 1.165) is 57.6 Å². The molecule has 0 spiro atoms. The molecular formula is C19H29F3N4O. The molecule has 0 atom stereocenters. The van der Waals surface area contributed by atoms with Crippen LogP contribution in [-0.2, 0) is 12.7 Å². The zero-order valence-corrected chi connectivity index (χ0v) is 15.7. The molecule has 1 heterocycles. The number of halogens is 3. The quantitative estimate of drug-likeness (QED) is 0.383. The normalized spacial score (nSPS) is 17.1. The van der Waals surface area contributed by atoms with Gasteiger partial charge in [0.15, 0.2) is 5.96 Å². The van der Waals surface area contributed by atoms with Crippen LogP contribution >= 0.6 is 0 Å². The van der Waals surface area contributed by atoms with E-state index >= 15 is 0 Å². The molecule has 0 radical (unpaired) electrons. The number of aliphatic hydroxyl groups excluding tert-OH is 1. The molecule has 1 fully saturated rings. The number of rotatable bonds is 7. The summed E-state index contributed by atoms with van der Waals surface area (Å²) >= 11 is 0. The van der Waals surface area contributed by atoms with Crippen molar-refractivity contribution in [3.63, 3.8) is 0 Å². The number of nitrogens with one attached hydrogen (secondary N) is 2. The number of hydrogen-bond donors (Lipinski definition) is 3. The maximum absolute atomic E-state index is 12.8. The Morgan fingerprint density at radius 1 is 1.26 bits per heavy atom. The fourth-order valence-electron chi connectivity index (χ4n) is 3.01. The van der Waals surface area contributed by atoms with Crippen molar-refractivity contribution in [1.29, 1.82) is 0 Å². The molecule has 3 N–H and O–H groups in total. The molecule has 0 unspecified atom stereocenters. The SMILES string of the molecule is CCNC(=NCc1cccc(C(F)(F)F)c1)NCCCN1CCC(O)CC1. The van der Waals surface area contributed by atoms with Gasteiger partial charge in [0, 0.05) is 26.2 Å². The Balaban J connectivity index is 1.80. The number of alkyl halides is 3. The van der Waals surface area contributed by atoms with Gasteiger partial charge in [0.25, 0.3) is 0 Å². The average Bonchev–Trinajstić information content (AvgIpc) is 2.64. The van der Waals surface area contributed by atoms with Gasteiger partial charge in [-0.1, -0.05) is 12.1 Å². The van der Waals surface area contributed by atoms with E-state index in [1.165, 1.54) is 6.07 Å². The topological polar surface area (TPSA) is 59.9 Å². The van der Waals surface area contributed by atoms with Crippen LogP contribution < -0.4 is 10.6 Å². The van der Waals surface area contributed by atoms with E-state index in [-0.39, 0.29) is 12.6 Å². The van der Waals surface area contributed by atoms with Gasteiger partial charge in [-0.05, 0) is 50.4 Å². The van der Waals surface area contributed by atoms with E-state index in [1.807, 2.05) is 6.92 Å². The molecule has 8 heteroatoms. The summed E-state index contributed by atoms with van der Waals surface area (Å²) in [5.41, 5.74) is -0.131. The van der Waals surface area contributed by atoms with Crippen LogP contribution in [0.4, 0.5) is 13.2 Å². The Morgan fingerprint density at radius 3 is 2.67 bits per heavy atom. The zero-order chi connectivity index (χ0) is 19.7. The van der Waals surface area contributed by atoms with E-state index in [2.05, 4.69) is 20.5 Å². The maximum atomic E-state index is 12.8. The lowest BCUT2D eigenvalue weighted by Crippen LogP contribution is -2.40. The first-order valence-corrected chi connectivity index (χ1v) is 9.47. The van der Waals surface area contributed by atoms with Crippen molar-refractivity contribution >= 4 is 5.96 Å². The molecule has 1 aromatic rings. The molecule has 1 aliphatic rings. The first-order valence-electron chi connectivity index (χ1n) is 9.47. The summed E-state index contributed by atoms with van der Waals surface area (Å²) < 4.78 is 38.4. The number of aliphatic imine (C=N–C) groups is 1. The van der Waals surface area contributed by atoms with Crippen molar-refractivity contribution in [2.75, 3.05) is 32.7 Å². The second-order valence-corrected chi connectivity index (χ2v) is 6.75. The van der Waals surface area contributed by atoms with E-state index in [0.29, 0.717) is 18.1 Å². The Kier molecular flexibility index (Phi) is 8.37. The monoisotopic (exact) mass is 386 g/mol. The van der Waals surface area contributed by atoms with E-state index < -0.39 is 11.7 Å². The summed E-state index contributed by atoms with van der Waals surface area (Å²) in [4.78, 5) is 6.72. The molecule has 0 bridgehead atoms. The molecule has 2 rings (SSSR count). The molecule has 1 saturated heterocycles. The number of guanidine groups is 1. The van der Waals surface area contributed by atoms with E-state index in [1.54, 1.807) is 6.07 Å². The smallest absolute Gasteiger partial charge is 0.393 e. The summed E-state index contributed by atoms with van der Waals surface area (Å²) in [7, 11) is 0. The molecule has 152 valence electrons. The minimum atomic E-state index is -4.34. The highest BCUT2D eigenvalue weighted by molar-refractivity contribution is 5.79. The van der Waals surface area contributed by atoms with E-state index in [9.17, 15) is 18.3 Å². The predicted octanol–water partition coefficient (Wildman–Crippen LogP) is 2.61. The Bertz CT molecular complexity index is 599. The summed E-state index contributed by atoms with van der Waals surface area (Å²) in [5, 5.41) is 15.9. The van der Waals surface area contributed by atoms with Crippen molar-refractivity contribution < 1.29 is 18.3 Å². The molecule has 0 saturated carbocycles. The van der Waals surface area contributed by atoms with Crippen molar-refractivity contribution in [3.05, 3.63) is 35.4 Å². The van der Waals surface area contributed by atoms with Gasteiger partial charge in [-0.3, -0.25) is 0 Å². The van der Waals surface area contributed by atoms with Gasteiger partial charge in [-0.2, -0.15) is 13.2 Å². The maximum Gasteiger partial charge on any atom is 0.416 e. The number of aliphatic hydroxyl groups is 1. The molecule has 27 heavy (non-hydrogen) atoms. The Labute approximate surface area is 158 Å². The third-order valence-electron chi connectivity index (χ3n) is 4.52. The van der Waals surface area contributed by atoms with Crippen molar-refractivity contribution in [2.24, 2.45) is 4.99 Å². The van der Waals surface area contributed by atoms with Crippen LogP contribution in [0.2, 0.25) is 0 Å². The van der Waals surface area contributed by atoms with Crippen molar-refractivity contribution in [1.82, 2.24) is 15.5 Å². The van der Waals surface area contributed by atoms with Gasteiger partial charge in [-0.15, -0.1) is 0 Å². The fourth-order valence-corrected chi connectivity index (χ4v) is 3.01.